The van der Waals surface area contributed by atoms with Gasteiger partial charge in [0.1, 0.15) is 22.9 Å². The van der Waals surface area contributed by atoms with E-state index in [0.29, 0.717) is 17.7 Å². The number of hydrogen-bond donors (Lipinski definition) is 2. The van der Waals surface area contributed by atoms with Crippen molar-refractivity contribution in [3.05, 3.63) is 58.6 Å². The third-order valence-electron chi connectivity index (χ3n) is 6.44. The van der Waals surface area contributed by atoms with Crippen molar-refractivity contribution < 1.29 is 18.7 Å². The molecule has 4 rings (SSSR count). The number of carbonyl (C=O) groups excluding carboxylic acids is 2. The summed E-state index contributed by atoms with van der Waals surface area (Å²) in [5.74, 6) is -2.39. The van der Waals surface area contributed by atoms with Crippen molar-refractivity contribution in [3.63, 3.8) is 0 Å². The number of pyridine rings is 1. The van der Waals surface area contributed by atoms with Crippen LogP contribution in [-0.4, -0.2) is 34.5 Å². The van der Waals surface area contributed by atoms with E-state index in [0.717, 1.165) is 0 Å². The van der Waals surface area contributed by atoms with Gasteiger partial charge < -0.3 is 10.1 Å². The predicted octanol–water partition coefficient (Wildman–Crippen LogP) is 4.97. The van der Waals surface area contributed by atoms with Crippen LogP contribution in [0.25, 0.3) is 0 Å². The lowest BCUT2D eigenvalue weighted by atomic mass is 9.63. The number of amides is 1. The fraction of sp³-hybridized carbons (Fsp3) is 0.500. The molecule has 4 unspecified atom stereocenters. The number of aromatic nitrogens is 1. The van der Waals surface area contributed by atoms with Crippen LogP contribution in [0.2, 0.25) is 5.02 Å². The van der Waals surface area contributed by atoms with Crippen molar-refractivity contribution in [2.75, 3.05) is 5.32 Å². The molecule has 0 radical (unpaired) electrons. The van der Waals surface area contributed by atoms with Crippen LogP contribution >= 0.6 is 11.6 Å². The Morgan fingerprint density at radius 3 is 2.56 bits per heavy atom. The fourth-order valence-electron chi connectivity index (χ4n) is 5.35. The highest BCUT2D eigenvalue weighted by molar-refractivity contribution is 6.30. The first-order chi connectivity index (χ1) is 15.8. The molecule has 0 aliphatic carbocycles. The Balaban J connectivity index is 2.00. The van der Waals surface area contributed by atoms with E-state index in [-0.39, 0.29) is 21.9 Å². The van der Waals surface area contributed by atoms with Crippen molar-refractivity contribution >= 4 is 29.2 Å². The molecule has 4 atom stereocenters. The number of benzene rings is 1. The monoisotopic (exact) mass is 487 g/mol. The average molecular weight is 488 g/mol. The van der Waals surface area contributed by atoms with Crippen molar-refractivity contribution in [2.45, 2.75) is 77.0 Å². The van der Waals surface area contributed by atoms with Crippen LogP contribution in [0.5, 0.6) is 0 Å². The molecule has 0 bridgehead atoms. The molecule has 1 saturated heterocycles. The Labute approximate surface area is 204 Å². The van der Waals surface area contributed by atoms with Gasteiger partial charge in [0.2, 0.25) is 5.91 Å². The molecule has 2 aromatic rings. The Hall–Kier alpha value is -2.51. The summed E-state index contributed by atoms with van der Waals surface area (Å²) in [6, 6.07) is 4.94. The minimum absolute atomic E-state index is 0.0697. The molecule has 182 valence electrons. The molecule has 1 spiro atoms. The maximum atomic E-state index is 15.6. The molecule has 2 N–H and O–H groups in total. The first kappa shape index (κ1) is 24.6. The first-order valence-corrected chi connectivity index (χ1v) is 11.8. The second-order valence-electron chi connectivity index (χ2n) is 11.4. The zero-order valence-corrected chi connectivity index (χ0v) is 21.1. The molecule has 1 aromatic carbocycles. The van der Waals surface area contributed by atoms with Crippen LogP contribution in [0, 0.1) is 11.2 Å². The number of fused-ring (bicyclic) bond motifs is 2. The number of nitrogens with one attached hydrogen (secondary N) is 2. The van der Waals surface area contributed by atoms with E-state index in [1.807, 2.05) is 0 Å². The van der Waals surface area contributed by atoms with Gasteiger partial charge in [0.15, 0.2) is 0 Å². The lowest BCUT2D eigenvalue weighted by Crippen LogP contribution is -2.49. The highest BCUT2D eigenvalue weighted by Crippen LogP contribution is 2.56. The predicted molar refractivity (Wildman–Crippen MR) is 129 cm³/mol. The van der Waals surface area contributed by atoms with E-state index in [9.17, 15) is 9.59 Å². The summed E-state index contributed by atoms with van der Waals surface area (Å²) in [5, 5.41) is 6.29. The summed E-state index contributed by atoms with van der Waals surface area (Å²) in [4.78, 5) is 31.7. The summed E-state index contributed by atoms with van der Waals surface area (Å²) < 4.78 is 21.3. The normalized spacial score (nSPS) is 26.5. The molecule has 3 heterocycles. The number of esters is 1. The van der Waals surface area contributed by atoms with Crippen LogP contribution in [0.4, 0.5) is 10.1 Å². The number of halogens is 2. The molecule has 1 aromatic heterocycles. The lowest BCUT2D eigenvalue weighted by molar-refractivity contribution is -0.157. The topological polar surface area (TPSA) is 80.3 Å². The quantitative estimate of drug-likeness (QED) is 0.598. The van der Waals surface area contributed by atoms with Gasteiger partial charge in [-0.3, -0.25) is 19.9 Å². The molecule has 0 saturated carbocycles. The second kappa shape index (κ2) is 8.31. The zero-order chi connectivity index (χ0) is 25.1. The summed E-state index contributed by atoms with van der Waals surface area (Å²) >= 11 is 6.18. The van der Waals surface area contributed by atoms with Crippen LogP contribution in [0.3, 0.4) is 0 Å². The molecular formula is C26H31ClFN3O3. The SMILES string of the molecule is CC(C)(C)CC1NC(C(=O)OC(C)(C)C)C(c2cccc(Cl)c2F)C12C(=O)Nc1ccncc12. The highest BCUT2D eigenvalue weighted by atomic mass is 35.5. The minimum atomic E-state index is -1.29. The van der Waals surface area contributed by atoms with E-state index in [1.165, 1.54) is 6.07 Å². The van der Waals surface area contributed by atoms with Crippen LogP contribution < -0.4 is 10.6 Å². The molecule has 6 nitrogen and oxygen atoms in total. The van der Waals surface area contributed by atoms with Gasteiger partial charge in [0, 0.05) is 35.6 Å². The van der Waals surface area contributed by atoms with E-state index in [2.05, 4.69) is 36.4 Å². The van der Waals surface area contributed by atoms with Crippen LogP contribution in [0.15, 0.2) is 36.7 Å². The van der Waals surface area contributed by atoms with E-state index in [1.54, 1.807) is 51.4 Å². The van der Waals surface area contributed by atoms with Gasteiger partial charge in [-0.15, -0.1) is 0 Å². The van der Waals surface area contributed by atoms with E-state index in [4.69, 9.17) is 16.3 Å². The molecule has 1 amide bonds. The van der Waals surface area contributed by atoms with Crippen LogP contribution in [-0.2, 0) is 19.7 Å². The van der Waals surface area contributed by atoms with Gasteiger partial charge in [-0.2, -0.15) is 0 Å². The summed E-state index contributed by atoms with van der Waals surface area (Å²) in [6.45, 7) is 11.5. The summed E-state index contributed by atoms with van der Waals surface area (Å²) in [6.07, 6.45) is 3.78. The van der Waals surface area contributed by atoms with Crippen LogP contribution in [0.1, 0.15) is 65.0 Å². The average Bonchev–Trinajstić information content (AvgIpc) is 3.18. The number of nitrogens with zero attached hydrogens (tertiary/aromatic N) is 1. The van der Waals surface area contributed by atoms with Gasteiger partial charge in [0.05, 0.1) is 5.02 Å². The third-order valence-corrected chi connectivity index (χ3v) is 6.73. The van der Waals surface area contributed by atoms with Crippen molar-refractivity contribution in [1.29, 1.82) is 0 Å². The van der Waals surface area contributed by atoms with Gasteiger partial charge >= 0.3 is 5.97 Å². The van der Waals surface area contributed by atoms with Gasteiger partial charge in [-0.25, -0.2) is 4.39 Å². The summed E-state index contributed by atoms with van der Waals surface area (Å²) in [5.41, 5.74) is -0.808. The highest BCUT2D eigenvalue weighted by Gasteiger charge is 2.66. The minimum Gasteiger partial charge on any atom is -0.459 e. The Morgan fingerprint density at radius 2 is 1.91 bits per heavy atom. The van der Waals surface area contributed by atoms with E-state index >= 15 is 4.39 Å². The maximum absolute atomic E-state index is 15.6. The molecule has 2 aliphatic heterocycles. The van der Waals surface area contributed by atoms with E-state index < -0.39 is 40.8 Å². The van der Waals surface area contributed by atoms with Crippen molar-refractivity contribution in [1.82, 2.24) is 10.3 Å². The third kappa shape index (κ3) is 4.09. The van der Waals surface area contributed by atoms with Crippen molar-refractivity contribution in [3.8, 4) is 0 Å². The fourth-order valence-corrected chi connectivity index (χ4v) is 5.53. The van der Waals surface area contributed by atoms with Gasteiger partial charge in [0.25, 0.3) is 0 Å². The molecule has 2 aliphatic rings. The lowest BCUT2D eigenvalue weighted by Gasteiger charge is -2.37. The number of hydrogen-bond acceptors (Lipinski definition) is 5. The Bertz CT molecular complexity index is 1140. The smallest absolute Gasteiger partial charge is 0.324 e. The first-order valence-electron chi connectivity index (χ1n) is 11.4. The number of rotatable bonds is 3. The van der Waals surface area contributed by atoms with Crippen molar-refractivity contribution in [2.24, 2.45) is 5.41 Å². The number of ether oxygens (including phenoxy) is 1. The zero-order valence-electron chi connectivity index (χ0n) is 20.3. The Kier molecular flexibility index (Phi) is 6.01. The Morgan fingerprint density at radius 1 is 1.21 bits per heavy atom. The maximum Gasteiger partial charge on any atom is 0.324 e. The molecule has 8 heteroatoms. The molecule has 1 fully saturated rings. The number of anilines is 1. The molecule has 34 heavy (non-hydrogen) atoms. The molecular weight excluding hydrogens is 457 g/mol. The summed E-state index contributed by atoms with van der Waals surface area (Å²) in [7, 11) is 0. The standard InChI is InChI=1S/C26H31ClFN3O3/c1-24(2,3)12-18-26(15-13-29-11-10-17(15)30-23(26)33)19(14-8-7-9-16(27)20(14)28)21(31-18)22(32)34-25(4,5)6/h7-11,13,18-19,21,31H,12H2,1-6H3,(H,30,33). The largest absolute Gasteiger partial charge is 0.459 e. The second-order valence-corrected chi connectivity index (χ2v) is 11.8. The number of carbonyl (C=O) groups is 2. The van der Waals surface area contributed by atoms with Gasteiger partial charge in [-0.1, -0.05) is 44.5 Å². The van der Waals surface area contributed by atoms with Gasteiger partial charge in [-0.05, 0) is 50.3 Å².